The lowest BCUT2D eigenvalue weighted by molar-refractivity contribution is -0.119. The molecule has 0 aliphatic carbocycles. The molecule has 70 valence electrons. The number of rotatable bonds is 3. The minimum Gasteiger partial charge on any atom is -0.324 e. The second kappa shape index (κ2) is 4.54. The summed E-state index contributed by atoms with van der Waals surface area (Å²) in [5, 5.41) is 0. The van der Waals surface area contributed by atoms with E-state index in [4.69, 9.17) is 5.73 Å². The van der Waals surface area contributed by atoms with E-state index in [0.29, 0.717) is 6.54 Å². The molecule has 0 atom stereocenters. The first-order valence-corrected chi connectivity index (χ1v) is 4.35. The lowest BCUT2D eigenvalue weighted by Crippen LogP contribution is -2.46. The summed E-state index contributed by atoms with van der Waals surface area (Å²) in [6.07, 6.45) is 0. The molecule has 0 spiro atoms. The first-order valence-electron chi connectivity index (χ1n) is 4.35. The molecule has 1 rings (SSSR count). The number of hydrogen-bond acceptors (Lipinski definition) is 4. The van der Waals surface area contributed by atoms with Crippen LogP contribution < -0.4 is 5.73 Å². The molecule has 1 aliphatic rings. The van der Waals surface area contributed by atoms with Crippen molar-refractivity contribution >= 4 is 5.78 Å². The monoisotopic (exact) mass is 171 g/mol. The summed E-state index contributed by atoms with van der Waals surface area (Å²) >= 11 is 0. The maximum absolute atomic E-state index is 11.0. The summed E-state index contributed by atoms with van der Waals surface area (Å²) in [7, 11) is 2.10. The van der Waals surface area contributed by atoms with Crippen LogP contribution in [-0.2, 0) is 4.79 Å². The molecule has 1 aliphatic heterocycles. The second-order valence-electron chi connectivity index (χ2n) is 3.32. The van der Waals surface area contributed by atoms with Gasteiger partial charge in [-0.15, -0.1) is 0 Å². The highest BCUT2D eigenvalue weighted by atomic mass is 16.1. The zero-order valence-corrected chi connectivity index (χ0v) is 7.62. The molecule has 1 fully saturated rings. The summed E-state index contributed by atoms with van der Waals surface area (Å²) in [4.78, 5) is 15.4. The highest BCUT2D eigenvalue weighted by molar-refractivity contribution is 5.82. The smallest absolute Gasteiger partial charge is 0.160 e. The number of nitrogens with zero attached hydrogens (tertiary/aromatic N) is 2. The average Bonchev–Trinajstić information content (AvgIpc) is 2.09. The van der Waals surface area contributed by atoms with Gasteiger partial charge in [0.25, 0.3) is 0 Å². The Morgan fingerprint density at radius 1 is 1.33 bits per heavy atom. The van der Waals surface area contributed by atoms with Gasteiger partial charge in [-0.05, 0) is 7.05 Å². The number of ketones is 1. The van der Waals surface area contributed by atoms with Crippen molar-refractivity contribution in [3.8, 4) is 0 Å². The minimum atomic E-state index is 0.138. The fourth-order valence-electron chi connectivity index (χ4n) is 1.32. The SMILES string of the molecule is CN1CCN(CC(=O)CN)CC1. The van der Waals surface area contributed by atoms with Crippen molar-refractivity contribution in [1.82, 2.24) is 9.80 Å². The topological polar surface area (TPSA) is 49.6 Å². The standard InChI is InChI=1S/C8H17N3O/c1-10-2-4-11(5-3-10)7-8(12)6-9/h2-7,9H2,1H3. The van der Waals surface area contributed by atoms with Gasteiger partial charge in [-0.1, -0.05) is 0 Å². The Kier molecular flexibility index (Phi) is 3.65. The van der Waals surface area contributed by atoms with Crippen molar-refractivity contribution < 1.29 is 4.79 Å². The van der Waals surface area contributed by atoms with Crippen LogP contribution in [0, 0.1) is 0 Å². The van der Waals surface area contributed by atoms with Gasteiger partial charge in [0, 0.05) is 26.2 Å². The number of Topliss-reactive ketones (excluding diaryl/α,β-unsaturated/α-hetero) is 1. The van der Waals surface area contributed by atoms with E-state index in [1.54, 1.807) is 0 Å². The summed E-state index contributed by atoms with van der Waals surface area (Å²) in [5.41, 5.74) is 5.23. The lowest BCUT2D eigenvalue weighted by atomic mass is 10.3. The van der Waals surface area contributed by atoms with Crippen molar-refractivity contribution in [3.63, 3.8) is 0 Å². The summed E-state index contributed by atoms with van der Waals surface area (Å²) in [6.45, 7) is 4.79. The predicted molar refractivity (Wildman–Crippen MR) is 48.0 cm³/mol. The Bertz CT molecular complexity index is 152. The minimum absolute atomic E-state index is 0.138. The Hall–Kier alpha value is -0.450. The van der Waals surface area contributed by atoms with Gasteiger partial charge < -0.3 is 10.6 Å². The Labute approximate surface area is 73.3 Å². The normalized spacial score (nSPS) is 21.2. The van der Waals surface area contributed by atoms with Gasteiger partial charge in [0.05, 0.1) is 13.1 Å². The van der Waals surface area contributed by atoms with Crippen LogP contribution in [-0.4, -0.2) is 61.9 Å². The van der Waals surface area contributed by atoms with Crippen molar-refractivity contribution in [2.75, 3.05) is 46.3 Å². The van der Waals surface area contributed by atoms with Gasteiger partial charge >= 0.3 is 0 Å². The van der Waals surface area contributed by atoms with E-state index in [9.17, 15) is 4.79 Å². The number of carbonyl (C=O) groups excluding carboxylic acids is 1. The Morgan fingerprint density at radius 3 is 2.42 bits per heavy atom. The Balaban J connectivity index is 2.21. The van der Waals surface area contributed by atoms with Gasteiger partial charge in [0.1, 0.15) is 0 Å². The predicted octanol–water partition coefficient (Wildman–Crippen LogP) is -1.24. The van der Waals surface area contributed by atoms with E-state index in [1.165, 1.54) is 0 Å². The van der Waals surface area contributed by atoms with Crippen molar-refractivity contribution in [2.45, 2.75) is 0 Å². The van der Waals surface area contributed by atoms with Crippen molar-refractivity contribution in [2.24, 2.45) is 5.73 Å². The highest BCUT2D eigenvalue weighted by Gasteiger charge is 2.15. The molecule has 0 aromatic carbocycles. The molecule has 1 heterocycles. The zero-order chi connectivity index (χ0) is 8.97. The fourth-order valence-corrected chi connectivity index (χ4v) is 1.32. The molecule has 0 unspecified atom stereocenters. The van der Waals surface area contributed by atoms with Gasteiger partial charge in [-0.25, -0.2) is 0 Å². The molecule has 0 aromatic heterocycles. The first-order chi connectivity index (χ1) is 5.72. The van der Waals surface area contributed by atoms with Crippen LogP contribution in [0.25, 0.3) is 0 Å². The van der Waals surface area contributed by atoms with Crippen molar-refractivity contribution in [3.05, 3.63) is 0 Å². The van der Waals surface area contributed by atoms with E-state index in [2.05, 4.69) is 16.8 Å². The molecule has 0 radical (unpaired) electrons. The molecule has 0 saturated carbocycles. The fraction of sp³-hybridized carbons (Fsp3) is 0.875. The lowest BCUT2D eigenvalue weighted by Gasteiger charge is -2.31. The zero-order valence-electron chi connectivity index (χ0n) is 7.62. The van der Waals surface area contributed by atoms with Crippen LogP contribution in [0.1, 0.15) is 0 Å². The van der Waals surface area contributed by atoms with Gasteiger partial charge in [0.2, 0.25) is 0 Å². The van der Waals surface area contributed by atoms with E-state index >= 15 is 0 Å². The molecule has 1 saturated heterocycles. The second-order valence-corrected chi connectivity index (χ2v) is 3.32. The number of hydrogen-bond donors (Lipinski definition) is 1. The van der Waals surface area contributed by atoms with Gasteiger partial charge in [0.15, 0.2) is 5.78 Å². The number of nitrogens with two attached hydrogens (primary N) is 1. The third-order valence-electron chi connectivity index (χ3n) is 2.22. The maximum Gasteiger partial charge on any atom is 0.160 e. The number of likely N-dealkylation sites (N-methyl/N-ethyl adjacent to an activating group) is 1. The molecular formula is C8H17N3O. The summed E-state index contributed by atoms with van der Waals surface area (Å²) < 4.78 is 0. The maximum atomic E-state index is 11.0. The molecule has 4 nitrogen and oxygen atoms in total. The van der Waals surface area contributed by atoms with Crippen LogP contribution >= 0.6 is 0 Å². The molecule has 4 heteroatoms. The largest absolute Gasteiger partial charge is 0.324 e. The third kappa shape index (κ3) is 2.89. The van der Waals surface area contributed by atoms with E-state index in [-0.39, 0.29) is 12.3 Å². The molecule has 0 bridgehead atoms. The van der Waals surface area contributed by atoms with E-state index < -0.39 is 0 Å². The first kappa shape index (κ1) is 9.64. The highest BCUT2D eigenvalue weighted by Crippen LogP contribution is 1.97. The third-order valence-corrected chi connectivity index (χ3v) is 2.22. The van der Waals surface area contributed by atoms with Crippen LogP contribution in [0.2, 0.25) is 0 Å². The Morgan fingerprint density at radius 2 is 1.92 bits per heavy atom. The summed E-state index contributed by atoms with van der Waals surface area (Å²) in [6, 6.07) is 0. The van der Waals surface area contributed by atoms with Crippen LogP contribution in [0.4, 0.5) is 0 Å². The average molecular weight is 171 g/mol. The number of carbonyl (C=O) groups is 1. The molecule has 12 heavy (non-hydrogen) atoms. The van der Waals surface area contributed by atoms with Crippen LogP contribution in [0.5, 0.6) is 0 Å². The van der Waals surface area contributed by atoms with Gasteiger partial charge in [-0.3, -0.25) is 9.69 Å². The molecular weight excluding hydrogens is 154 g/mol. The van der Waals surface area contributed by atoms with Gasteiger partial charge in [-0.2, -0.15) is 0 Å². The van der Waals surface area contributed by atoms with Crippen LogP contribution in [0.15, 0.2) is 0 Å². The number of piperazine rings is 1. The molecule has 2 N–H and O–H groups in total. The molecule has 0 aromatic rings. The molecule has 0 amide bonds. The van der Waals surface area contributed by atoms with E-state index in [1.807, 2.05) is 0 Å². The quantitative estimate of drug-likeness (QED) is 0.577. The van der Waals surface area contributed by atoms with Crippen molar-refractivity contribution in [1.29, 1.82) is 0 Å². The van der Waals surface area contributed by atoms with E-state index in [0.717, 1.165) is 26.2 Å². The van der Waals surface area contributed by atoms with Crippen LogP contribution in [0.3, 0.4) is 0 Å². The summed E-state index contributed by atoms with van der Waals surface area (Å²) in [5.74, 6) is 0.138.